The molecule has 0 bridgehead atoms. The molecular weight excluding hydrogens is 531 g/mol. The summed E-state index contributed by atoms with van der Waals surface area (Å²) in [5.41, 5.74) is 6.50. The van der Waals surface area contributed by atoms with Crippen LogP contribution in [0.2, 0.25) is 0 Å². The molecule has 182 valence electrons. The quantitative estimate of drug-likeness (QED) is 0.207. The zero-order valence-corrected chi connectivity index (χ0v) is 23.7. The minimum absolute atomic E-state index is 0.324. The van der Waals surface area contributed by atoms with Gasteiger partial charge in [0.25, 0.3) is 0 Å². The first kappa shape index (κ1) is 31.2. The van der Waals surface area contributed by atoms with Crippen molar-refractivity contribution in [3.8, 4) is 11.5 Å². The number of phenols is 2. The average Bonchev–Trinajstić information content (AvgIpc) is 2.82. The molecule has 0 heterocycles. The first-order valence-electron chi connectivity index (χ1n) is 11.4. The van der Waals surface area contributed by atoms with E-state index in [1.165, 1.54) is 27.8 Å². The van der Waals surface area contributed by atoms with Crippen molar-refractivity contribution < 1.29 is 10.2 Å². The Morgan fingerprint density at radius 3 is 0.971 bits per heavy atom. The third-order valence-corrected chi connectivity index (χ3v) is 4.97. The van der Waals surface area contributed by atoms with Crippen LogP contribution < -0.4 is 0 Å². The second-order valence-corrected chi connectivity index (χ2v) is 8.87. The monoisotopic (exact) mass is 570 g/mol. The highest BCUT2D eigenvalue weighted by atomic mass is 127. The molecule has 0 radical (unpaired) electrons. The van der Waals surface area contributed by atoms with Crippen molar-refractivity contribution in [1.82, 2.24) is 0 Å². The molecule has 0 aliphatic rings. The Kier molecular flexibility index (Phi) is 17.1. The summed E-state index contributed by atoms with van der Waals surface area (Å²) in [6, 6.07) is 31.1. The van der Waals surface area contributed by atoms with Crippen molar-refractivity contribution in [2.45, 2.75) is 48.5 Å². The predicted molar refractivity (Wildman–Crippen MR) is 157 cm³/mol. The summed E-state index contributed by atoms with van der Waals surface area (Å²) in [5.74, 6) is 0.654. The molecule has 0 saturated carbocycles. The first-order chi connectivity index (χ1) is 16.2. The highest BCUT2D eigenvalue weighted by molar-refractivity contribution is 14.1. The molecular formula is C31H39IO2. The molecule has 0 atom stereocenters. The Morgan fingerprint density at radius 1 is 0.441 bits per heavy atom. The highest BCUT2D eigenvalue weighted by Gasteiger charge is 1.84. The lowest BCUT2D eigenvalue weighted by Crippen LogP contribution is -1.71. The molecule has 0 fully saturated rings. The van der Waals surface area contributed by atoms with E-state index in [1.807, 2.05) is 45.0 Å². The second-order valence-electron chi connectivity index (χ2n) is 7.62. The summed E-state index contributed by atoms with van der Waals surface area (Å²) in [6.45, 7) is 14.4. The van der Waals surface area contributed by atoms with Crippen LogP contribution in [-0.2, 0) is 0 Å². The van der Waals surface area contributed by atoms with Gasteiger partial charge in [-0.15, -0.1) is 0 Å². The van der Waals surface area contributed by atoms with Gasteiger partial charge in [-0.1, -0.05) is 102 Å². The number of aromatic hydroxyl groups is 2. The van der Waals surface area contributed by atoms with Crippen LogP contribution in [0.1, 0.15) is 41.7 Å². The summed E-state index contributed by atoms with van der Waals surface area (Å²) in [5, 5.41) is 17.5. The Morgan fingerprint density at radius 2 is 0.735 bits per heavy atom. The zero-order valence-electron chi connectivity index (χ0n) is 21.5. The number of benzene rings is 4. The molecule has 4 aromatic rings. The lowest BCUT2D eigenvalue weighted by atomic mass is 10.2. The minimum Gasteiger partial charge on any atom is -0.508 e. The van der Waals surface area contributed by atoms with E-state index in [1.54, 1.807) is 24.3 Å². The van der Waals surface area contributed by atoms with E-state index in [4.69, 9.17) is 10.2 Å². The van der Waals surface area contributed by atoms with E-state index in [9.17, 15) is 0 Å². The van der Waals surface area contributed by atoms with Crippen LogP contribution in [0.3, 0.4) is 0 Å². The SMILES string of the molecule is CC.Cc1ccc(C)cc1.Cc1ccc(O)cc1.Cc1cccc(C)c1.Oc1ccc(I)cc1. The maximum absolute atomic E-state index is 8.76. The fraction of sp³-hybridized carbons (Fsp3) is 0.226. The van der Waals surface area contributed by atoms with Crippen molar-refractivity contribution in [3.63, 3.8) is 0 Å². The smallest absolute Gasteiger partial charge is 0.115 e. The van der Waals surface area contributed by atoms with Gasteiger partial charge in [0.2, 0.25) is 0 Å². The van der Waals surface area contributed by atoms with E-state index in [0.717, 1.165) is 3.57 Å². The van der Waals surface area contributed by atoms with E-state index in [0.29, 0.717) is 11.5 Å². The standard InChI is InChI=1S/2C8H10.C7H8O.C6H5IO.C2H6/c1-7-3-5-8(2)6-4-7;1-7-4-3-5-8(2)6-7;1-6-2-4-7(8)5-3-6;7-5-1-3-6(8)4-2-5;1-2/h2*3-6H,1-2H3;2-5,8H,1H3;1-4,8H;1-2H3. The fourth-order valence-corrected chi connectivity index (χ4v) is 2.79. The Bertz CT molecular complexity index is 839. The second kappa shape index (κ2) is 18.6. The average molecular weight is 571 g/mol. The number of phenolic OH excluding ortho intramolecular Hbond substituents is 2. The van der Waals surface area contributed by atoms with Gasteiger partial charge in [-0.2, -0.15) is 0 Å². The van der Waals surface area contributed by atoms with Gasteiger partial charge in [0.15, 0.2) is 0 Å². The van der Waals surface area contributed by atoms with Gasteiger partial charge >= 0.3 is 0 Å². The molecule has 3 heteroatoms. The van der Waals surface area contributed by atoms with E-state index < -0.39 is 0 Å². The molecule has 4 aromatic carbocycles. The van der Waals surface area contributed by atoms with Gasteiger partial charge in [-0.05, 0) is 93.6 Å². The molecule has 0 unspecified atom stereocenters. The third kappa shape index (κ3) is 16.8. The molecule has 0 aromatic heterocycles. The Labute approximate surface area is 220 Å². The lowest BCUT2D eigenvalue weighted by molar-refractivity contribution is 0.474. The summed E-state index contributed by atoms with van der Waals surface area (Å²) in [7, 11) is 0. The van der Waals surface area contributed by atoms with Gasteiger partial charge in [0, 0.05) is 3.57 Å². The van der Waals surface area contributed by atoms with Crippen LogP contribution >= 0.6 is 22.6 Å². The van der Waals surface area contributed by atoms with Gasteiger partial charge in [-0.3, -0.25) is 0 Å². The summed E-state index contributed by atoms with van der Waals surface area (Å²) < 4.78 is 1.14. The summed E-state index contributed by atoms with van der Waals surface area (Å²) in [6.07, 6.45) is 0. The van der Waals surface area contributed by atoms with Crippen LogP contribution in [0.15, 0.2) is 97.1 Å². The van der Waals surface area contributed by atoms with Crippen molar-refractivity contribution in [2.75, 3.05) is 0 Å². The molecule has 2 nitrogen and oxygen atoms in total. The maximum Gasteiger partial charge on any atom is 0.115 e. The van der Waals surface area contributed by atoms with Crippen LogP contribution in [0.4, 0.5) is 0 Å². The number of rotatable bonds is 0. The normalized spacial score (nSPS) is 8.82. The van der Waals surface area contributed by atoms with Crippen molar-refractivity contribution in [2.24, 2.45) is 0 Å². The summed E-state index contributed by atoms with van der Waals surface area (Å²) in [4.78, 5) is 0. The molecule has 0 aliphatic heterocycles. The van der Waals surface area contributed by atoms with Gasteiger partial charge in [-0.25, -0.2) is 0 Å². The number of halogens is 1. The largest absolute Gasteiger partial charge is 0.508 e. The van der Waals surface area contributed by atoms with E-state index in [-0.39, 0.29) is 0 Å². The molecule has 0 aliphatic carbocycles. The Balaban J connectivity index is 0.000000416. The van der Waals surface area contributed by atoms with Crippen LogP contribution in [0.25, 0.3) is 0 Å². The third-order valence-electron chi connectivity index (χ3n) is 4.25. The lowest BCUT2D eigenvalue weighted by Gasteiger charge is -1.90. The number of hydrogen-bond acceptors (Lipinski definition) is 2. The first-order valence-corrected chi connectivity index (χ1v) is 12.5. The minimum atomic E-state index is 0.324. The zero-order chi connectivity index (χ0) is 25.9. The molecule has 34 heavy (non-hydrogen) atoms. The van der Waals surface area contributed by atoms with Crippen LogP contribution in [0.5, 0.6) is 11.5 Å². The molecule has 0 spiro atoms. The molecule has 0 amide bonds. The Hall–Kier alpha value is -2.79. The molecule has 0 saturated heterocycles. The van der Waals surface area contributed by atoms with Crippen molar-refractivity contribution in [3.05, 3.63) is 128 Å². The van der Waals surface area contributed by atoms with Crippen LogP contribution in [-0.4, -0.2) is 10.2 Å². The van der Waals surface area contributed by atoms with E-state index in [2.05, 4.69) is 98.8 Å². The number of aryl methyl sites for hydroxylation is 5. The maximum atomic E-state index is 8.76. The van der Waals surface area contributed by atoms with E-state index >= 15 is 0 Å². The predicted octanol–water partition coefficient (Wildman–Crippen LogP) is 9.33. The highest BCUT2D eigenvalue weighted by Crippen LogP contribution is 2.10. The molecule has 4 rings (SSSR count). The number of hydrogen-bond donors (Lipinski definition) is 2. The fourth-order valence-electron chi connectivity index (χ4n) is 2.43. The van der Waals surface area contributed by atoms with Crippen LogP contribution in [0, 0.1) is 38.2 Å². The van der Waals surface area contributed by atoms with Gasteiger partial charge in [0.05, 0.1) is 0 Å². The topological polar surface area (TPSA) is 40.5 Å². The molecule has 2 N–H and O–H groups in total. The van der Waals surface area contributed by atoms with Crippen molar-refractivity contribution in [1.29, 1.82) is 0 Å². The van der Waals surface area contributed by atoms with Gasteiger partial charge in [0.1, 0.15) is 11.5 Å². The summed E-state index contributed by atoms with van der Waals surface area (Å²) >= 11 is 2.19. The van der Waals surface area contributed by atoms with Gasteiger partial charge < -0.3 is 10.2 Å². The van der Waals surface area contributed by atoms with Crippen molar-refractivity contribution >= 4 is 22.6 Å².